The van der Waals surface area contributed by atoms with Crippen LogP contribution < -0.4 is 0 Å². The molecule has 0 spiro atoms. The van der Waals surface area contributed by atoms with E-state index in [1.165, 1.54) is 0 Å². The Balaban J connectivity index is 1.67. The number of carbonyl (C=O) groups is 1. The van der Waals surface area contributed by atoms with Crippen LogP contribution >= 0.6 is 0 Å². The Kier molecular flexibility index (Phi) is 6.41. The van der Waals surface area contributed by atoms with Crippen molar-refractivity contribution in [2.24, 2.45) is 5.92 Å². The highest BCUT2D eigenvalue weighted by atomic mass is 16.5. The molecule has 0 radical (unpaired) electrons. The van der Waals surface area contributed by atoms with Crippen LogP contribution in [0.5, 0.6) is 0 Å². The molecule has 1 aliphatic heterocycles. The maximum absolute atomic E-state index is 12.4. The van der Waals surface area contributed by atoms with Gasteiger partial charge in [0.25, 0.3) is 0 Å². The molecule has 6 nitrogen and oxygen atoms in total. The number of nitrogens with zero attached hydrogens (tertiary/aromatic N) is 3. The largest absolute Gasteiger partial charge is 0.466 e. The predicted octanol–water partition coefficient (Wildman–Crippen LogP) is 2.31. The molecule has 140 valence electrons. The summed E-state index contributed by atoms with van der Waals surface area (Å²) in [4.78, 5) is 17.1. The van der Waals surface area contributed by atoms with Crippen LogP contribution in [0.1, 0.15) is 12.7 Å². The third-order valence-electron chi connectivity index (χ3n) is 4.77. The summed E-state index contributed by atoms with van der Waals surface area (Å²) in [7, 11) is 2.12. The summed E-state index contributed by atoms with van der Waals surface area (Å²) in [5, 5.41) is 4.15. The van der Waals surface area contributed by atoms with E-state index in [1.54, 1.807) is 0 Å². The number of hydrogen-bond donors (Lipinski definition) is 0. The van der Waals surface area contributed by atoms with Gasteiger partial charge in [-0.25, -0.2) is 0 Å². The minimum Gasteiger partial charge on any atom is -0.466 e. The van der Waals surface area contributed by atoms with E-state index in [0.717, 1.165) is 43.2 Å². The van der Waals surface area contributed by atoms with Gasteiger partial charge in [-0.05, 0) is 14.0 Å². The zero-order valence-electron chi connectivity index (χ0n) is 15.6. The Bertz CT molecular complexity index is 693. The minimum atomic E-state index is -0.241. The van der Waals surface area contributed by atoms with Crippen molar-refractivity contribution in [3.63, 3.8) is 0 Å². The Morgan fingerprint density at radius 3 is 2.65 bits per heavy atom. The van der Waals surface area contributed by atoms with Gasteiger partial charge < -0.3 is 14.2 Å². The number of hydrogen-bond acceptors (Lipinski definition) is 6. The molecule has 0 amide bonds. The summed E-state index contributed by atoms with van der Waals surface area (Å²) >= 11 is 0. The van der Waals surface area contributed by atoms with Gasteiger partial charge >= 0.3 is 5.97 Å². The molecule has 2 aromatic rings. The molecule has 1 aromatic carbocycles. The lowest BCUT2D eigenvalue weighted by atomic mass is 10.0. The molecule has 2 heterocycles. The average Bonchev–Trinajstić information content (AvgIpc) is 3.12. The van der Waals surface area contributed by atoms with Gasteiger partial charge in [0.1, 0.15) is 11.5 Å². The Hall–Kier alpha value is -2.18. The average molecular weight is 357 g/mol. The SMILES string of the molecule is CCOC(=O)C(Cc1cc(-c2ccccc2)no1)CN1CCN(C)CC1. The summed E-state index contributed by atoms with van der Waals surface area (Å²) in [6.45, 7) is 6.91. The Morgan fingerprint density at radius 1 is 1.23 bits per heavy atom. The quantitative estimate of drug-likeness (QED) is 0.709. The number of ether oxygens (including phenoxy) is 1. The Morgan fingerprint density at radius 2 is 1.96 bits per heavy atom. The van der Waals surface area contributed by atoms with Gasteiger partial charge in [-0.3, -0.25) is 9.69 Å². The molecule has 0 aliphatic carbocycles. The van der Waals surface area contributed by atoms with E-state index in [0.29, 0.717) is 19.6 Å². The molecule has 1 aromatic heterocycles. The van der Waals surface area contributed by atoms with Crippen LogP contribution in [0.15, 0.2) is 40.9 Å². The summed E-state index contributed by atoms with van der Waals surface area (Å²) in [6, 6.07) is 11.8. The van der Waals surface area contributed by atoms with E-state index >= 15 is 0 Å². The predicted molar refractivity (Wildman–Crippen MR) is 99.7 cm³/mol. The molecule has 0 N–H and O–H groups in total. The number of likely N-dealkylation sites (N-methyl/N-ethyl adjacent to an activating group) is 1. The van der Waals surface area contributed by atoms with Crippen molar-refractivity contribution in [3.05, 3.63) is 42.2 Å². The summed E-state index contributed by atoms with van der Waals surface area (Å²) in [6.07, 6.45) is 0.505. The van der Waals surface area contributed by atoms with Crippen LogP contribution in [-0.2, 0) is 16.0 Å². The molecule has 1 atom stereocenters. The molecule has 1 unspecified atom stereocenters. The molecule has 0 saturated carbocycles. The van der Waals surface area contributed by atoms with Gasteiger partial charge in [0.15, 0.2) is 0 Å². The lowest BCUT2D eigenvalue weighted by Crippen LogP contribution is -2.47. The summed E-state index contributed by atoms with van der Waals surface area (Å²) < 4.78 is 10.8. The first-order chi connectivity index (χ1) is 12.7. The highest BCUT2D eigenvalue weighted by Gasteiger charge is 2.26. The van der Waals surface area contributed by atoms with Crippen LogP contribution in [-0.4, -0.2) is 67.3 Å². The van der Waals surface area contributed by atoms with Crippen molar-refractivity contribution in [1.29, 1.82) is 0 Å². The van der Waals surface area contributed by atoms with E-state index in [9.17, 15) is 4.79 Å². The molecule has 1 fully saturated rings. The fourth-order valence-electron chi connectivity index (χ4n) is 3.22. The van der Waals surface area contributed by atoms with E-state index in [4.69, 9.17) is 9.26 Å². The van der Waals surface area contributed by atoms with Crippen molar-refractivity contribution in [1.82, 2.24) is 15.0 Å². The molecule has 3 rings (SSSR count). The van der Waals surface area contributed by atoms with Crippen LogP contribution in [0.4, 0.5) is 0 Å². The number of rotatable bonds is 7. The molecule has 1 saturated heterocycles. The second-order valence-corrected chi connectivity index (χ2v) is 6.80. The lowest BCUT2D eigenvalue weighted by Gasteiger charge is -2.33. The van der Waals surface area contributed by atoms with Gasteiger partial charge in [0.05, 0.1) is 12.5 Å². The van der Waals surface area contributed by atoms with Gasteiger partial charge in [-0.1, -0.05) is 35.5 Å². The molecule has 6 heteroatoms. The molecule has 26 heavy (non-hydrogen) atoms. The smallest absolute Gasteiger partial charge is 0.310 e. The molecule has 0 bridgehead atoms. The van der Waals surface area contributed by atoms with E-state index in [2.05, 4.69) is 22.0 Å². The first-order valence-electron chi connectivity index (χ1n) is 9.24. The number of aromatic nitrogens is 1. The van der Waals surface area contributed by atoms with Crippen molar-refractivity contribution in [2.45, 2.75) is 13.3 Å². The van der Waals surface area contributed by atoms with Crippen molar-refractivity contribution in [2.75, 3.05) is 46.4 Å². The monoisotopic (exact) mass is 357 g/mol. The molecule has 1 aliphatic rings. The topological polar surface area (TPSA) is 58.8 Å². The maximum atomic E-state index is 12.4. The van der Waals surface area contributed by atoms with Crippen molar-refractivity contribution >= 4 is 5.97 Å². The van der Waals surface area contributed by atoms with E-state index in [1.807, 2.05) is 43.3 Å². The van der Waals surface area contributed by atoms with Crippen molar-refractivity contribution in [3.8, 4) is 11.3 Å². The third kappa shape index (κ3) is 4.93. The highest BCUT2D eigenvalue weighted by molar-refractivity contribution is 5.73. The molecular formula is C20H27N3O3. The van der Waals surface area contributed by atoms with Gasteiger partial charge in [0, 0.05) is 50.8 Å². The summed E-state index contributed by atoms with van der Waals surface area (Å²) in [5.41, 5.74) is 1.80. The fraction of sp³-hybridized carbons (Fsp3) is 0.500. The van der Waals surface area contributed by atoms with Gasteiger partial charge in [-0.15, -0.1) is 0 Å². The first kappa shape index (κ1) is 18.6. The number of esters is 1. The number of piperazine rings is 1. The standard InChI is InChI=1S/C20H27N3O3/c1-3-25-20(24)17(15-23-11-9-22(2)10-12-23)13-18-14-19(21-26-18)16-7-5-4-6-8-16/h4-8,14,17H,3,9-13,15H2,1-2H3. The van der Waals surface area contributed by atoms with Crippen LogP contribution in [0, 0.1) is 5.92 Å². The fourth-order valence-corrected chi connectivity index (χ4v) is 3.22. The van der Waals surface area contributed by atoms with Crippen LogP contribution in [0.25, 0.3) is 11.3 Å². The normalized spacial score (nSPS) is 17.2. The minimum absolute atomic E-state index is 0.163. The maximum Gasteiger partial charge on any atom is 0.310 e. The Labute approximate surface area is 154 Å². The molecular weight excluding hydrogens is 330 g/mol. The van der Waals surface area contributed by atoms with Crippen LogP contribution in [0.3, 0.4) is 0 Å². The van der Waals surface area contributed by atoms with Crippen LogP contribution in [0.2, 0.25) is 0 Å². The third-order valence-corrected chi connectivity index (χ3v) is 4.77. The first-order valence-corrected chi connectivity index (χ1v) is 9.24. The van der Waals surface area contributed by atoms with E-state index < -0.39 is 0 Å². The highest BCUT2D eigenvalue weighted by Crippen LogP contribution is 2.21. The van der Waals surface area contributed by atoms with Gasteiger partial charge in [-0.2, -0.15) is 0 Å². The van der Waals surface area contributed by atoms with E-state index in [-0.39, 0.29) is 11.9 Å². The summed E-state index contributed by atoms with van der Waals surface area (Å²) in [5.74, 6) is 0.315. The lowest BCUT2D eigenvalue weighted by molar-refractivity contribution is -0.149. The zero-order chi connectivity index (χ0) is 18.4. The van der Waals surface area contributed by atoms with Gasteiger partial charge in [0.2, 0.25) is 0 Å². The number of carbonyl (C=O) groups excluding carboxylic acids is 1. The number of benzene rings is 1. The second kappa shape index (κ2) is 8.96. The van der Waals surface area contributed by atoms with Crippen molar-refractivity contribution < 1.29 is 14.1 Å². The zero-order valence-corrected chi connectivity index (χ0v) is 15.6. The second-order valence-electron chi connectivity index (χ2n) is 6.80.